The van der Waals surface area contributed by atoms with E-state index in [0.29, 0.717) is 39.0 Å². The summed E-state index contributed by atoms with van der Waals surface area (Å²) in [6.45, 7) is 3.92. The quantitative estimate of drug-likeness (QED) is 0.614. The zero-order valence-electron chi connectivity index (χ0n) is 18.8. The number of piperidine rings is 1. The highest BCUT2D eigenvalue weighted by Crippen LogP contribution is 2.34. The summed E-state index contributed by atoms with van der Waals surface area (Å²) in [5, 5.41) is 23.0. The molecule has 0 bridgehead atoms. The molecule has 1 fully saturated rings. The van der Waals surface area contributed by atoms with Crippen LogP contribution in [0.25, 0.3) is 10.9 Å². The molecule has 1 saturated heterocycles. The summed E-state index contributed by atoms with van der Waals surface area (Å²) in [5.41, 5.74) is 5.12. The molecule has 0 spiro atoms. The van der Waals surface area contributed by atoms with E-state index in [1.165, 1.54) is 29.5 Å². The molecule has 1 aliphatic heterocycles. The lowest BCUT2D eigenvalue weighted by molar-refractivity contribution is -0.0819. The Hall–Kier alpha value is -2.47. The number of aliphatic hydroxyl groups is 2. The van der Waals surface area contributed by atoms with Gasteiger partial charge >= 0.3 is 0 Å². The van der Waals surface area contributed by atoms with E-state index < -0.39 is 11.8 Å². The van der Waals surface area contributed by atoms with Crippen molar-refractivity contribution in [1.29, 1.82) is 0 Å². The third-order valence-corrected chi connectivity index (χ3v) is 7.23. The minimum absolute atomic E-state index is 0.481. The molecule has 2 heterocycles. The number of aliphatic hydroxyl groups excluding tert-OH is 1. The fourth-order valence-electron chi connectivity index (χ4n) is 5.24. The van der Waals surface area contributed by atoms with Crippen LogP contribution in [-0.4, -0.2) is 46.0 Å². The van der Waals surface area contributed by atoms with Crippen LogP contribution in [0.3, 0.4) is 0 Å². The Morgan fingerprint density at radius 1 is 1.12 bits per heavy atom. The minimum atomic E-state index is -0.897. The van der Waals surface area contributed by atoms with Gasteiger partial charge < -0.3 is 14.9 Å². The van der Waals surface area contributed by atoms with Gasteiger partial charge in [-0.25, -0.2) is 0 Å². The standard InChI is InChI=1S/C27H32N2O3/c1-19-15-23(17-20-6-4-7-24(19)20)32-14-9-26(30)29-12-10-27(31,11-13-29)22-16-21-5-2-3-8-25(21)28-18-22/h2-3,5,8,15-18,26,30-31H,4,6-7,9-14H2,1H3/t26-/m0/s1. The Labute approximate surface area is 189 Å². The van der Waals surface area contributed by atoms with Crippen LogP contribution in [0.4, 0.5) is 0 Å². The first-order valence-electron chi connectivity index (χ1n) is 11.8. The topological polar surface area (TPSA) is 65.8 Å². The van der Waals surface area contributed by atoms with Gasteiger partial charge in [0.1, 0.15) is 12.0 Å². The third-order valence-electron chi connectivity index (χ3n) is 7.23. The average Bonchev–Trinajstić information content (AvgIpc) is 3.28. The Morgan fingerprint density at radius 2 is 1.94 bits per heavy atom. The van der Waals surface area contributed by atoms with Crippen LogP contribution in [0.15, 0.2) is 48.7 Å². The molecule has 0 unspecified atom stereocenters. The fourth-order valence-corrected chi connectivity index (χ4v) is 5.24. The van der Waals surface area contributed by atoms with Crippen molar-refractivity contribution in [2.24, 2.45) is 0 Å². The Morgan fingerprint density at radius 3 is 2.78 bits per heavy atom. The third kappa shape index (κ3) is 4.25. The molecular weight excluding hydrogens is 400 g/mol. The summed E-state index contributed by atoms with van der Waals surface area (Å²) in [7, 11) is 0. The van der Waals surface area contributed by atoms with Gasteiger partial charge in [0.25, 0.3) is 0 Å². The zero-order chi connectivity index (χ0) is 22.1. The molecule has 5 rings (SSSR count). The lowest BCUT2D eigenvalue weighted by Crippen LogP contribution is -2.47. The number of nitrogens with zero attached hydrogens (tertiary/aromatic N) is 2. The smallest absolute Gasteiger partial charge is 0.119 e. The number of likely N-dealkylation sites (tertiary alicyclic amines) is 1. The first-order chi connectivity index (χ1) is 15.5. The number of pyridine rings is 1. The maximum Gasteiger partial charge on any atom is 0.119 e. The van der Waals surface area contributed by atoms with Gasteiger partial charge in [0.2, 0.25) is 0 Å². The van der Waals surface area contributed by atoms with E-state index in [-0.39, 0.29) is 0 Å². The summed E-state index contributed by atoms with van der Waals surface area (Å²) in [6.07, 6.45) is 6.48. The van der Waals surface area contributed by atoms with E-state index in [0.717, 1.165) is 28.6 Å². The van der Waals surface area contributed by atoms with Crippen molar-refractivity contribution in [1.82, 2.24) is 9.88 Å². The number of rotatable bonds is 6. The van der Waals surface area contributed by atoms with Gasteiger partial charge in [-0.15, -0.1) is 0 Å². The van der Waals surface area contributed by atoms with Crippen molar-refractivity contribution in [3.63, 3.8) is 0 Å². The number of fused-ring (bicyclic) bond motifs is 2. The highest BCUT2D eigenvalue weighted by molar-refractivity contribution is 5.78. The summed E-state index contributed by atoms with van der Waals surface area (Å²) in [6, 6.07) is 14.3. The van der Waals surface area contributed by atoms with E-state index in [9.17, 15) is 10.2 Å². The van der Waals surface area contributed by atoms with Crippen molar-refractivity contribution in [2.75, 3.05) is 19.7 Å². The first-order valence-corrected chi connectivity index (χ1v) is 11.8. The number of ether oxygens (including phenoxy) is 1. The highest BCUT2D eigenvalue weighted by Gasteiger charge is 2.36. The number of hydrogen-bond acceptors (Lipinski definition) is 5. The van der Waals surface area contributed by atoms with Gasteiger partial charge in [0.05, 0.1) is 17.7 Å². The lowest BCUT2D eigenvalue weighted by Gasteiger charge is -2.40. The van der Waals surface area contributed by atoms with Crippen molar-refractivity contribution >= 4 is 10.9 Å². The molecule has 5 heteroatoms. The Kier molecular flexibility index (Phi) is 5.89. The second kappa shape index (κ2) is 8.81. The van der Waals surface area contributed by atoms with Crippen LogP contribution in [0.5, 0.6) is 5.75 Å². The van der Waals surface area contributed by atoms with Crippen LogP contribution >= 0.6 is 0 Å². The molecule has 0 radical (unpaired) electrons. The lowest BCUT2D eigenvalue weighted by atomic mass is 9.84. The number of hydrogen-bond donors (Lipinski definition) is 2. The van der Waals surface area contributed by atoms with Crippen LogP contribution in [0.2, 0.25) is 0 Å². The molecular formula is C27H32N2O3. The molecule has 0 saturated carbocycles. The predicted molar refractivity (Wildman–Crippen MR) is 126 cm³/mol. The number of aryl methyl sites for hydroxylation is 2. The molecule has 5 nitrogen and oxygen atoms in total. The van der Waals surface area contributed by atoms with Crippen molar-refractivity contribution in [2.45, 2.75) is 57.3 Å². The van der Waals surface area contributed by atoms with Gasteiger partial charge in [0.15, 0.2) is 0 Å². The average molecular weight is 433 g/mol. The molecule has 1 aliphatic carbocycles. The minimum Gasteiger partial charge on any atom is -0.493 e. The van der Waals surface area contributed by atoms with Gasteiger partial charge in [0, 0.05) is 36.7 Å². The molecule has 2 aliphatic rings. The molecule has 1 atom stereocenters. The van der Waals surface area contributed by atoms with Crippen LogP contribution in [0, 0.1) is 6.92 Å². The SMILES string of the molecule is Cc1cc(OCC[C@H](O)N2CCC(O)(c3cnc4ccccc4c3)CC2)cc2c1CCC2. The predicted octanol–water partition coefficient (Wildman–Crippen LogP) is 4.10. The van der Waals surface area contributed by atoms with E-state index in [4.69, 9.17) is 4.74 Å². The molecule has 2 aromatic carbocycles. The summed E-state index contributed by atoms with van der Waals surface area (Å²) in [5.74, 6) is 0.909. The van der Waals surface area contributed by atoms with Crippen LogP contribution < -0.4 is 4.74 Å². The Balaban J connectivity index is 1.15. The highest BCUT2D eigenvalue weighted by atomic mass is 16.5. The van der Waals surface area contributed by atoms with E-state index in [1.807, 2.05) is 35.2 Å². The molecule has 168 valence electrons. The molecule has 1 aromatic heterocycles. The number of aromatic nitrogens is 1. The monoisotopic (exact) mass is 432 g/mol. The summed E-state index contributed by atoms with van der Waals surface area (Å²) >= 11 is 0. The van der Waals surface area contributed by atoms with E-state index in [2.05, 4.69) is 24.0 Å². The fraction of sp³-hybridized carbons (Fsp3) is 0.444. The molecule has 0 amide bonds. The van der Waals surface area contributed by atoms with Gasteiger partial charge in [-0.1, -0.05) is 18.2 Å². The molecule has 32 heavy (non-hydrogen) atoms. The largest absolute Gasteiger partial charge is 0.493 e. The Bertz CT molecular complexity index is 1110. The van der Waals surface area contributed by atoms with Crippen molar-refractivity contribution in [3.8, 4) is 5.75 Å². The molecule has 2 N–H and O–H groups in total. The second-order valence-electron chi connectivity index (χ2n) is 9.33. The maximum absolute atomic E-state index is 11.3. The van der Waals surface area contributed by atoms with Crippen LogP contribution in [-0.2, 0) is 18.4 Å². The van der Waals surface area contributed by atoms with Crippen molar-refractivity contribution < 1.29 is 14.9 Å². The van der Waals surface area contributed by atoms with Gasteiger partial charge in [-0.05, 0) is 80.0 Å². The molecule has 3 aromatic rings. The van der Waals surface area contributed by atoms with Crippen molar-refractivity contribution in [3.05, 3.63) is 70.9 Å². The van der Waals surface area contributed by atoms with E-state index in [1.54, 1.807) is 6.20 Å². The maximum atomic E-state index is 11.3. The first kappa shape index (κ1) is 21.4. The zero-order valence-corrected chi connectivity index (χ0v) is 18.8. The van der Waals surface area contributed by atoms with E-state index >= 15 is 0 Å². The second-order valence-corrected chi connectivity index (χ2v) is 9.33. The van der Waals surface area contributed by atoms with Crippen LogP contribution in [0.1, 0.15) is 47.9 Å². The number of benzene rings is 2. The summed E-state index contributed by atoms with van der Waals surface area (Å²) in [4.78, 5) is 6.56. The van der Waals surface area contributed by atoms with Gasteiger partial charge in [-0.2, -0.15) is 0 Å². The number of para-hydroxylation sites is 1. The normalized spacial score (nSPS) is 19.1. The van der Waals surface area contributed by atoms with Gasteiger partial charge in [-0.3, -0.25) is 9.88 Å². The summed E-state index contributed by atoms with van der Waals surface area (Å²) < 4.78 is 5.98.